The summed E-state index contributed by atoms with van der Waals surface area (Å²) >= 11 is 0. The van der Waals surface area contributed by atoms with E-state index in [4.69, 9.17) is 29.4 Å². The second-order valence-corrected chi connectivity index (χ2v) is 7.23. The van der Waals surface area contributed by atoms with Crippen LogP contribution in [0, 0.1) is 0 Å². The molecule has 1 saturated heterocycles. The fraction of sp³-hybridized carbons (Fsp3) is 0.391. The van der Waals surface area contributed by atoms with Gasteiger partial charge >= 0.3 is 0 Å². The maximum Gasteiger partial charge on any atom is 0.255 e. The summed E-state index contributed by atoms with van der Waals surface area (Å²) in [6.45, 7) is 0.259. The van der Waals surface area contributed by atoms with E-state index in [0.29, 0.717) is 23.6 Å². The lowest BCUT2D eigenvalue weighted by Gasteiger charge is -2.27. The number of carbonyl (C=O) groups excluding carboxylic acids is 2. The maximum atomic E-state index is 13.5. The Labute approximate surface area is 186 Å². The van der Waals surface area contributed by atoms with Crippen molar-refractivity contribution in [3.63, 3.8) is 0 Å². The first-order valence-electron chi connectivity index (χ1n) is 10.1. The molecule has 1 unspecified atom stereocenters. The van der Waals surface area contributed by atoms with Gasteiger partial charge in [-0.3, -0.25) is 9.59 Å². The number of nitrogens with zero attached hydrogens (tertiary/aromatic N) is 1. The molecule has 1 aliphatic heterocycles. The van der Waals surface area contributed by atoms with Crippen LogP contribution in [0.15, 0.2) is 30.3 Å². The van der Waals surface area contributed by atoms with Crippen molar-refractivity contribution in [3.05, 3.63) is 41.5 Å². The number of carbonyl (C=O) groups is 2. The standard InChI is InChI=1S/C23H28N2O7/c1-28-15-7-8-16(18(12-15)29-2)17-6-5-9-25(17)23(27)14-10-19(30-3)22(20(11-14)31-4)32-13-21(24)26/h7-8,10-12,17H,5-6,9,13H2,1-4H3,(H2,24,26). The van der Waals surface area contributed by atoms with Gasteiger partial charge in [-0.15, -0.1) is 0 Å². The summed E-state index contributed by atoms with van der Waals surface area (Å²) in [4.78, 5) is 26.4. The Morgan fingerprint density at radius 1 is 0.969 bits per heavy atom. The Kier molecular flexibility index (Phi) is 7.29. The number of amides is 2. The van der Waals surface area contributed by atoms with Crippen molar-refractivity contribution in [1.82, 2.24) is 4.90 Å². The molecule has 32 heavy (non-hydrogen) atoms. The molecule has 1 aliphatic rings. The molecule has 0 saturated carbocycles. The van der Waals surface area contributed by atoms with Gasteiger partial charge in [0, 0.05) is 23.7 Å². The lowest BCUT2D eigenvalue weighted by Crippen LogP contribution is -2.31. The van der Waals surface area contributed by atoms with E-state index in [1.54, 1.807) is 26.4 Å². The van der Waals surface area contributed by atoms with Crippen LogP contribution in [-0.2, 0) is 4.79 Å². The number of nitrogens with two attached hydrogens (primary N) is 1. The molecule has 9 heteroatoms. The molecule has 9 nitrogen and oxygen atoms in total. The van der Waals surface area contributed by atoms with Crippen LogP contribution in [0.1, 0.15) is 34.8 Å². The summed E-state index contributed by atoms with van der Waals surface area (Å²) in [5.74, 6) is 1.28. The number of benzene rings is 2. The Morgan fingerprint density at radius 3 is 2.19 bits per heavy atom. The van der Waals surface area contributed by atoms with Gasteiger partial charge < -0.3 is 34.3 Å². The van der Waals surface area contributed by atoms with Crippen molar-refractivity contribution in [1.29, 1.82) is 0 Å². The molecule has 1 heterocycles. The minimum atomic E-state index is -0.636. The SMILES string of the molecule is COc1ccc(C2CCCN2C(=O)c2cc(OC)c(OCC(N)=O)c(OC)c2)c(OC)c1. The van der Waals surface area contributed by atoms with Crippen LogP contribution in [0.5, 0.6) is 28.7 Å². The molecule has 0 bridgehead atoms. The molecule has 1 fully saturated rings. The van der Waals surface area contributed by atoms with Crippen LogP contribution in [0.2, 0.25) is 0 Å². The Morgan fingerprint density at radius 2 is 1.62 bits per heavy atom. The molecule has 3 rings (SSSR count). The van der Waals surface area contributed by atoms with Crippen LogP contribution in [0.3, 0.4) is 0 Å². The fourth-order valence-electron chi connectivity index (χ4n) is 3.88. The molecule has 0 aliphatic carbocycles. The number of methoxy groups -OCH3 is 4. The van der Waals surface area contributed by atoms with E-state index < -0.39 is 5.91 Å². The van der Waals surface area contributed by atoms with Crippen LogP contribution in [-0.4, -0.2) is 58.3 Å². The lowest BCUT2D eigenvalue weighted by atomic mass is 10.0. The van der Waals surface area contributed by atoms with Gasteiger partial charge in [0.25, 0.3) is 11.8 Å². The summed E-state index contributed by atoms with van der Waals surface area (Å²) in [5, 5.41) is 0. The molecule has 0 aromatic heterocycles. The van der Waals surface area contributed by atoms with Gasteiger partial charge in [0.05, 0.1) is 34.5 Å². The summed E-state index contributed by atoms with van der Waals surface area (Å²) in [6.07, 6.45) is 1.67. The third-order valence-corrected chi connectivity index (χ3v) is 5.38. The highest BCUT2D eigenvalue weighted by atomic mass is 16.5. The van der Waals surface area contributed by atoms with Crippen molar-refractivity contribution in [2.24, 2.45) is 5.73 Å². The van der Waals surface area contributed by atoms with Gasteiger partial charge in [-0.1, -0.05) is 0 Å². The normalized spacial score (nSPS) is 15.2. The molecule has 1 atom stereocenters. The van der Waals surface area contributed by atoms with Crippen molar-refractivity contribution in [2.75, 3.05) is 41.6 Å². The zero-order valence-corrected chi connectivity index (χ0v) is 18.7. The summed E-state index contributed by atoms with van der Waals surface area (Å²) in [6, 6.07) is 8.59. The largest absolute Gasteiger partial charge is 0.497 e. The van der Waals surface area contributed by atoms with Gasteiger partial charge in [-0.05, 0) is 37.1 Å². The van der Waals surface area contributed by atoms with Gasteiger partial charge in [0.2, 0.25) is 5.75 Å². The predicted octanol–water partition coefficient (Wildman–Crippen LogP) is 2.56. The monoisotopic (exact) mass is 444 g/mol. The second-order valence-electron chi connectivity index (χ2n) is 7.23. The van der Waals surface area contributed by atoms with Crippen molar-refractivity contribution in [2.45, 2.75) is 18.9 Å². The molecule has 0 spiro atoms. The van der Waals surface area contributed by atoms with Crippen LogP contribution in [0.4, 0.5) is 0 Å². The van der Waals surface area contributed by atoms with Gasteiger partial charge in [-0.25, -0.2) is 0 Å². The molecule has 2 amide bonds. The number of ether oxygens (including phenoxy) is 5. The Hall–Kier alpha value is -3.62. The molecule has 0 radical (unpaired) electrons. The van der Waals surface area contributed by atoms with E-state index in [1.807, 2.05) is 23.1 Å². The quantitative estimate of drug-likeness (QED) is 0.633. The van der Waals surface area contributed by atoms with Crippen molar-refractivity contribution < 1.29 is 33.3 Å². The fourth-order valence-corrected chi connectivity index (χ4v) is 3.88. The third-order valence-electron chi connectivity index (χ3n) is 5.38. The lowest BCUT2D eigenvalue weighted by molar-refractivity contribution is -0.120. The molecular formula is C23H28N2O7. The predicted molar refractivity (Wildman–Crippen MR) is 117 cm³/mol. The Bertz CT molecular complexity index is 967. The van der Waals surface area contributed by atoms with E-state index in [2.05, 4.69) is 0 Å². The number of hydrogen-bond acceptors (Lipinski definition) is 7. The number of likely N-dealkylation sites (tertiary alicyclic amines) is 1. The maximum absolute atomic E-state index is 13.5. The molecule has 172 valence electrons. The average molecular weight is 444 g/mol. The minimum Gasteiger partial charge on any atom is -0.497 e. The Balaban J connectivity index is 1.95. The van der Waals surface area contributed by atoms with E-state index >= 15 is 0 Å². The number of primary amides is 1. The smallest absolute Gasteiger partial charge is 0.255 e. The highest BCUT2D eigenvalue weighted by molar-refractivity contribution is 5.96. The first-order valence-corrected chi connectivity index (χ1v) is 10.1. The average Bonchev–Trinajstić information content (AvgIpc) is 3.30. The highest BCUT2D eigenvalue weighted by Crippen LogP contribution is 2.42. The summed E-state index contributed by atoms with van der Waals surface area (Å²) in [7, 11) is 6.08. The second kappa shape index (κ2) is 10.1. The van der Waals surface area contributed by atoms with Crippen molar-refractivity contribution in [3.8, 4) is 28.7 Å². The number of rotatable bonds is 9. The zero-order valence-electron chi connectivity index (χ0n) is 18.7. The third kappa shape index (κ3) is 4.66. The molecule has 2 aromatic rings. The van der Waals surface area contributed by atoms with Crippen LogP contribution < -0.4 is 29.4 Å². The van der Waals surface area contributed by atoms with Crippen molar-refractivity contribution >= 4 is 11.8 Å². The van der Waals surface area contributed by atoms with Gasteiger partial charge in [-0.2, -0.15) is 0 Å². The summed E-state index contributed by atoms with van der Waals surface area (Å²) < 4.78 is 27.0. The van der Waals surface area contributed by atoms with E-state index in [-0.39, 0.29) is 35.8 Å². The zero-order chi connectivity index (χ0) is 23.3. The van der Waals surface area contributed by atoms with Crippen LogP contribution in [0.25, 0.3) is 0 Å². The van der Waals surface area contributed by atoms with E-state index in [1.165, 1.54) is 14.2 Å². The molecule has 2 aromatic carbocycles. The minimum absolute atomic E-state index is 0.147. The number of hydrogen-bond donors (Lipinski definition) is 1. The first kappa shape index (κ1) is 23.1. The van der Waals surface area contributed by atoms with Gasteiger partial charge in [0.15, 0.2) is 18.1 Å². The van der Waals surface area contributed by atoms with E-state index in [9.17, 15) is 9.59 Å². The van der Waals surface area contributed by atoms with Crippen LogP contribution >= 0.6 is 0 Å². The molecular weight excluding hydrogens is 416 g/mol. The van der Waals surface area contributed by atoms with Gasteiger partial charge in [0.1, 0.15) is 11.5 Å². The summed E-state index contributed by atoms with van der Waals surface area (Å²) in [5.41, 5.74) is 6.47. The highest BCUT2D eigenvalue weighted by Gasteiger charge is 2.33. The van der Waals surface area contributed by atoms with E-state index in [0.717, 1.165) is 18.4 Å². The topological polar surface area (TPSA) is 110 Å². The first-order chi connectivity index (χ1) is 15.4. The molecule has 2 N–H and O–H groups in total.